The Morgan fingerprint density at radius 3 is 2.52 bits per heavy atom. The van der Waals surface area contributed by atoms with E-state index in [1.807, 2.05) is 7.05 Å². The van der Waals surface area contributed by atoms with Gasteiger partial charge in [0.1, 0.15) is 17.1 Å². The highest BCUT2D eigenvalue weighted by atomic mass is 19.4. The van der Waals surface area contributed by atoms with Crippen molar-refractivity contribution in [1.82, 2.24) is 19.5 Å². The summed E-state index contributed by atoms with van der Waals surface area (Å²) in [7, 11) is 4.53. The lowest BCUT2D eigenvalue weighted by molar-refractivity contribution is -0.136. The number of rotatable bonds is 4. The fourth-order valence-corrected chi connectivity index (χ4v) is 2.80. The minimum absolute atomic E-state index is 0.154. The summed E-state index contributed by atoms with van der Waals surface area (Å²) in [5, 5.41) is 2.43. The van der Waals surface area contributed by atoms with Gasteiger partial charge in [0.15, 0.2) is 0 Å². The lowest BCUT2D eigenvalue weighted by Crippen LogP contribution is -2.15. The van der Waals surface area contributed by atoms with Crippen LogP contribution in [0.2, 0.25) is 0 Å². The number of aromatic nitrogens is 4. The summed E-state index contributed by atoms with van der Waals surface area (Å²) in [6, 6.07) is 4.81. The van der Waals surface area contributed by atoms with Gasteiger partial charge >= 0.3 is 6.18 Å². The van der Waals surface area contributed by atoms with Crippen molar-refractivity contribution in [2.45, 2.75) is 6.18 Å². The Hall–Kier alpha value is -3.30. The van der Waals surface area contributed by atoms with E-state index in [1.165, 1.54) is 20.2 Å². The van der Waals surface area contributed by atoms with E-state index in [9.17, 15) is 13.2 Å². The number of imidazole rings is 1. The summed E-state index contributed by atoms with van der Waals surface area (Å²) in [5.74, 6) is -0.456. The highest BCUT2D eigenvalue weighted by Gasteiger charge is 2.39. The summed E-state index contributed by atoms with van der Waals surface area (Å²) >= 11 is 0. The summed E-state index contributed by atoms with van der Waals surface area (Å²) in [6.07, 6.45) is -1.41. The van der Waals surface area contributed by atoms with Gasteiger partial charge in [0.25, 0.3) is 0 Å². The predicted molar refractivity (Wildman–Crippen MR) is 95.2 cm³/mol. The molecular formula is C17H17F3N6O. The molecule has 3 N–H and O–H groups in total. The number of hydrogen-bond donors (Lipinski definition) is 2. The number of benzene rings is 1. The summed E-state index contributed by atoms with van der Waals surface area (Å²) < 4.78 is 48.2. The van der Waals surface area contributed by atoms with Crippen LogP contribution in [0.3, 0.4) is 0 Å². The van der Waals surface area contributed by atoms with E-state index in [1.54, 1.807) is 29.2 Å². The Bertz CT molecular complexity index is 983. The summed E-state index contributed by atoms with van der Waals surface area (Å²) in [6.45, 7) is 0. The number of nitrogen functional groups attached to an aromatic ring is 1. The maximum absolute atomic E-state index is 13.7. The van der Waals surface area contributed by atoms with Crippen LogP contribution in [0.1, 0.15) is 5.56 Å². The first-order valence-electron chi connectivity index (χ1n) is 7.83. The molecule has 0 aliphatic rings. The molecule has 0 aliphatic carbocycles. The van der Waals surface area contributed by atoms with Gasteiger partial charge in [-0.2, -0.15) is 18.2 Å². The molecule has 0 aliphatic heterocycles. The third-order valence-electron chi connectivity index (χ3n) is 4.02. The van der Waals surface area contributed by atoms with Gasteiger partial charge in [-0.1, -0.05) is 6.07 Å². The van der Waals surface area contributed by atoms with E-state index < -0.39 is 17.6 Å². The van der Waals surface area contributed by atoms with E-state index in [0.717, 1.165) is 11.3 Å². The van der Waals surface area contributed by atoms with Crippen molar-refractivity contribution in [3.8, 4) is 28.3 Å². The smallest absolute Gasteiger partial charge is 0.422 e. The lowest BCUT2D eigenvalue weighted by Gasteiger charge is -2.18. The molecule has 7 nitrogen and oxygen atoms in total. The first-order valence-corrected chi connectivity index (χ1v) is 7.83. The van der Waals surface area contributed by atoms with E-state index in [4.69, 9.17) is 10.5 Å². The predicted octanol–water partition coefficient (Wildman–Crippen LogP) is 3.20. The number of nitrogens with one attached hydrogen (secondary N) is 1. The van der Waals surface area contributed by atoms with Gasteiger partial charge in [0, 0.05) is 25.2 Å². The van der Waals surface area contributed by atoms with Crippen LogP contribution in [-0.4, -0.2) is 33.7 Å². The Morgan fingerprint density at radius 1 is 1.22 bits per heavy atom. The zero-order valence-corrected chi connectivity index (χ0v) is 14.8. The Balaban J connectivity index is 2.25. The molecule has 0 unspecified atom stereocenters. The van der Waals surface area contributed by atoms with Gasteiger partial charge in [0.05, 0.1) is 31.0 Å². The third-order valence-corrected chi connectivity index (χ3v) is 4.02. The number of anilines is 2. The van der Waals surface area contributed by atoms with Crippen molar-refractivity contribution in [2.75, 3.05) is 25.2 Å². The van der Waals surface area contributed by atoms with Gasteiger partial charge in [-0.25, -0.2) is 9.97 Å². The Labute approximate surface area is 153 Å². The molecule has 0 radical (unpaired) electrons. The van der Waals surface area contributed by atoms with Crippen LogP contribution < -0.4 is 15.8 Å². The van der Waals surface area contributed by atoms with Crippen LogP contribution >= 0.6 is 0 Å². The first kappa shape index (κ1) is 18.5. The maximum Gasteiger partial charge on any atom is 0.422 e. The second-order valence-corrected chi connectivity index (χ2v) is 5.71. The van der Waals surface area contributed by atoms with E-state index in [2.05, 4.69) is 20.3 Å². The molecule has 0 bridgehead atoms. The first-order chi connectivity index (χ1) is 12.8. The van der Waals surface area contributed by atoms with E-state index in [-0.39, 0.29) is 23.0 Å². The minimum atomic E-state index is -4.69. The van der Waals surface area contributed by atoms with E-state index in [0.29, 0.717) is 0 Å². The quantitative estimate of drug-likeness (QED) is 0.725. The normalized spacial score (nSPS) is 11.5. The van der Waals surface area contributed by atoms with Gasteiger partial charge in [-0.15, -0.1) is 0 Å². The van der Waals surface area contributed by atoms with Crippen LogP contribution in [0, 0.1) is 0 Å². The standard InChI is InChI=1S/C17H17F3N6O/c1-22-15-13(17(18,19)20)14(24-16(21)25-15)10-5-4-9(6-12(10)27-3)11-7-23-8-26(11)2/h4-8H,1-3H3,(H3,21,22,24,25). The Kier molecular flexibility index (Phi) is 4.64. The van der Waals surface area contributed by atoms with Crippen molar-refractivity contribution < 1.29 is 17.9 Å². The number of ether oxygens (including phenoxy) is 1. The van der Waals surface area contributed by atoms with Crippen molar-refractivity contribution >= 4 is 11.8 Å². The van der Waals surface area contributed by atoms with Crippen LogP contribution in [-0.2, 0) is 13.2 Å². The fourth-order valence-electron chi connectivity index (χ4n) is 2.80. The zero-order valence-electron chi connectivity index (χ0n) is 14.8. The number of methoxy groups -OCH3 is 1. The molecule has 0 fully saturated rings. The number of hydrogen-bond acceptors (Lipinski definition) is 6. The molecule has 0 saturated carbocycles. The van der Waals surface area contributed by atoms with Gasteiger partial charge in [-0.3, -0.25) is 0 Å². The van der Waals surface area contributed by atoms with Crippen molar-refractivity contribution in [3.05, 3.63) is 36.3 Å². The molecule has 2 aromatic heterocycles. The number of aryl methyl sites for hydroxylation is 1. The molecule has 0 amide bonds. The second kappa shape index (κ2) is 6.78. The van der Waals surface area contributed by atoms with Crippen LogP contribution in [0.5, 0.6) is 5.75 Å². The largest absolute Gasteiger partial charge is 0.496 e. The highest BCUT2D eigenvalue weighted by molar-refractivity contribution is 5.78. The minimum Gasteiger partial charge on any atom is -0.496 e. The van der Waals surface area contributed by atoms with Crippen molar-refractivity contribution in [3.63, 3.8) is 0 Å². The number of nitrogens with zero attached hydrogens (tertiary/aromatic N) is 4. The summed E-state index contributed by atoms with van der Waals surface area (Å²) in [4.78, 5) is 11.5. The molecule has 2 heterocycles. The van der Waals surface area contributed by atoms with Crippen LogP contribution in [0.25, 0.3) is 22.5 Å². The number of alkyl halides is 3. The lowest BCUT2D eigenvalue weighted by atomic mass is 10.0. The molecule has 3 rings (SSSR count). The van der Waals surface area contributed by atoms with Crippen molar-refractivity contribution in [2.24, 2.45) is 7.05 Å². The molecule has 1 aromatic carbocycles. The van der Waals surface area contributed by atoms with Gasteiger partial charge < -0.3 is 20.4 Å². The maximum atomic E-state index is 13.7. The average Bonchev–Trinajstić information content (AvgIpc) is 3.05. The monoisotopic (exact) mass is 378 g/mol. The van der Waals surface area contributed by atoms with Gasteiger partial charge in [-0.05, 0) is 12.1 Å². The fraction of sp³-hybridized carbons (Fsp3) is 0.235. The van der Waals surface area contributed by atoms with Gasteiger partial charge in [0.2, 0.25) is 5.95 Å². The molecule has 0 atom stereocenters. The third kappa shape index (κ3) is 3.37. The average molecular weight is 378 g/mol. The summed E-state index contributed by atoms with van der Waals surface area (Å²) in [5.41, 5.74) is 5.93. The van der Waals surface area contributed by atoms with E-state index >= 15 is 0 Å². The molecule has 3 aromatic rings. The van der Waals surface area contributed by atoms with Crippen LogP contribution in [0.15, 0.2) is 30.7 Å². The Morgan fingerprint density at radius 2 is 1.96 bits per heavy atom. The van der Waals surface area contributed by atoms with Crippen LogP contribution in [0.4, 0.5) is 24.9 Å². The molecule has 10 heteroatoms. The molecular weight excluding hydrogens is 361 g/mol. The number of halogens is 3. The molecule has 142 valence electrons. The van der Waals surface area contributed by atoms with Crippen molar-refractivity contribution in [1.29, 1.82) is 0 Å². The molecule has 27 heavy (non-hydrogen) atoms. The highest BCUT2D eigenvalue weighted by Crippen LogP contribution is 2.43. The second-order valence-electron chi connectivity index (χ2n) is 5.71. The topological polar surface area (TPSA) is 90.9 Å². The SMILES string of the molecule is CNc1nc(N)nc(-c2ccc(-c3cncn3C)cc2OC)c1C(F)(F)F. The number of nitrogens with two attached hydrogens (primary N) is 1. The zero-order chi connectivity index (χ0) is 19.8. The molecule has 0 saturated heterocycles. The molecule has 0 spiro atoms.